The smallest absolute Gasteiger partial charge is 0.413 e. The molecule has 1 aromatic heterocycles. The van der Waals surface area contributed by atoms with Crippen molar-refractivity contribution in [2.75, 3.05) is 23.8 Å². The van der Waals surface area contributed by atoms with E-state index in [1.54, 1.807) is 24.4 Å². The average molecular weight is 349 g/mol. The van der Waals surface area contributed by atoms with Crippen molar-refractivity contribution >= 4 is 34.2 Å². The van der Waals surface area contributed by atoms with Gasteiger partial charge in [-0.25, -0.2) is 9.78 Å². The lowest BCUT2D eigenvalue weighted by Crippen LogP contribution is -2.16. The van der Waals surface area contributed by atoms with Crippen LogP contribution in [-0.2, 0) is 16.0 Å². The average Bonchev–Trinajstić information content (AvgIpc) is 2.96. The Balaban J connectivity index is 1.93. The van der Waals surface area contributed by atoms with Gasteiger partial charge in [-0.1, -0.05) is 12.1 Å². The van der Waals surface area contributed by atoms with Crippen molar-refractivity contribution in [2.24, 2.45) is 0 Å². The fourth-order valence-corrected chi connectivity index (χ4v) is 2.61. The highest BCUT2D eigenvalue weighted by Crippen LogP contribution is 2.24. The molecule has 1 heterocycles. The molecule has 0 aliphatic heterocycles. The van der Waals surface area contributed by atoms with E-state index in [1.807, 2.05) is 19.1 Å². The van der Waals surface area contributed by atoms with Crippen molar-refractivity contribution in [1.29, 1.82) is 0 Å². The van der Waals surface area contributed by atoms with Gasteiger partial charge >= 0.3 is 6.09 Å². The standard InChI is InChI=1S/C16H19N3O4S/c1-3-22-13-8-6-5-7-12(13)18-14(20)9-11-10-24-15(17-11)19-16(21)23-4-2/h5-8,10H,3-4,9H2,1-2H3,(H,18,20)(H,17,19,21). The number of nitrogens with one attached hydrogen (secondary N) is 2. The molecule has 2 N–H and O–H groups in total. The Bertz CT molecular complexity index is 702. The second-order valence-corrected chi connectivity index (χ2v) is 5.50. The van der Waals surface area contributed by atoms with Gasteiger partial charge in [0.15, 0.2) is 5.13 Å². The zero-order chi connectivity index (χ0) is 17.4. The molecule has 1 aromatic carbocycles. The van der Waals surface area contributed by atoms with Crippen LogP contribution in [0, 0.1) is 0 Å². The number of thiazole rings is 1. The van der Waals surface area contributed by atoms with Crippen LogP contribution in [0.1, 0.15) is 19.5 Å². The van der Waals surface area contributed by atoms with Crippen molar-refractivity contribution in [3.63, 3.8) is 0 Å². The van der Waals surface area contributed by atoms with Gasteiger partial charge in [-0.05, 0) is 26.0 Å². The van der Waals surface area contributed by atoms with Crippen LogP contribution in [0.25, 0.3) is 0 Å². The number of ether oxygens (including phenoxy) is 2. The van der Waals surface area contributed by atoms with Gasteiger partial charge in [0.1, 0.15) is 5.75 Å². The SMILES string of the molecule is CCOC(=O)Nc1nc(CC(=O)Nc2ccccc2OCC)cs1. The fourth-order valence-electron chi connectivity index (χ4n) is 1.91. The van der Waals surface area contributed by atoms with Crippen molar-refractivity contribution in [1.82, 2.24) is 4.98 Å². The third-order valence-electron chi connectivity index (χ3n) is 2.84. The van der Waals surface area contributed by atoms with Gasteiger partial charge in [-0.15, -0.1) is 11.3 Å². The van der Waals surface area contributed by atoms with E-state index in [2.05, 4.69) is 15.6 Å². The first-order valence-corrected chi connectivity index (χ1v) is 8.40. The van der Waals surface area contributed by atoms with E-state index in [1.165, 1.54) is 11.3 Å². The van der Waals surface area contributed by atoms with Crippen molar-refractivity contribution < 1.29 is 19.1 Å². The molecule has 0 fully saturated rings. The molecule has 2 aromatic rings. The van der Waals surface area contributed by atoms with E-state index in [0.29, 0.717) is 28.9 Å². The topological polar surface area (TPSA) is 89.5 Å². The molecule has 2 amide bonds. The minimum atomic E-state index is -0.562. The minimum absolute atomic E-state index is 0.0987. The number of carbonyl (C=O) groups excluding carboxylic acids is 2. The number of amides is 2. The number of rotatable bonds is 7. The van der Waals surface area contributed by atoms with E-state index in [-0.39, 0.29) is 18.9 Å². The number of benzene rings is 1. The zero-order valence-corrected chi connectivity index (χ0v) is 14.3. The van der Waals surface area contributed by atoms with Crippen molar-refractivity contribution in [3.8, 4) is 5.75 Å². The van der Waals surface area contributed by atoms with E-state index in [9.17, 15) is 9.59 Å². The second kappa shape index (κ2) is 8.88. The number of hydrogen-bond donors (Lipinski definition) is 2. The summed E-state index contributed by atoms with van der Waals surface area (Å²) in [4.78, 5) is 27.7. The lowest BCUT2D eigenvalue weighted by atomic mass is 10.2. The molecular weight excluding hydrogens is 330 g/mol. The van der Waals surface area contributed by atoms with Crippen LogP contribution in [-0.4, -0.2) is 30.2 Å². The Morgan fingerprint density at radius 1 is 1.17 bits per heavy atom. The normalized spacial score (nSPS) is 10.1. The maximum Gasteiger partial charge on any atom is 0.413 e. The summed E-state index contributed by atoms with van der Waals surface area (Å²) in [7, 11) is 0. The first-order valence-electron chi connectivity index (χ1n) is 7.52. The molecule has 0 aliphatic rings. The van der Waals surface area contributed by atoms with Crippen LogP contribution in [0.4, 0.5) is 15.6 Å². The van der Waals surface area contributed by atoms with Gasteiger partial charge < -0.3 is 14.8 Å². The lowest BCUT2D eigenvalue weighted by molar-refractivity contribution is -0.115. The monoisotopic (exact) mass is 349 g/mol. The molecule has 0 saturated carbocycles. The van der Waals surface area contributed by atoms with E-state index in [0.717, 1.165) is 0 Å². The highest BCUT2D eigenvalue weighted by Gasteiger charge is 2.12. The Kier molecular flexibility index (Phi) is 6.56. The van der Waals surface area contributed by atoms with Crippen LogP contribution >= 0.6 is 11.3 Å². The largest absolute Gasteiger partial charge is 0.492 e. The predicted molar refractivity (Wildman–Crippen MR) is 92.7 cm³/mol. The summed E-state index contributed by atoms with van der Waals surface area (Å²) in [6.45, 7) is 4.40. The molecule has 8 heteroatoms. The summed E-state index contributed by atoms with van der Waals surface area (Å²) in [6.07, 6.45) is -0.463. The summed E-state index contributed by atoms with van der Waals surface area (Å²) in [5.74, 6) is 0.409. The Morgan fingerprint density at radius 2 is 1.96 bits per heavy atom. The third kappa shape index (κ3) is 5.24. The molecule has 0 radical (unpaired) electrons. The highest BCUT2D eigenvalue weighted by molar-refractivity contribution is 7.13. The lowest BCUT2D eigenvalue weighted by Gasteiger charge is -2.10. The summed E-state index contributed by atoms with van der Waals surface area (Å²) >= 11 is 1.24. The molecule has 2 rings (SSSR count). The van der Waals surface area contributed by atoms with E-state index in [4.69, 9.17) is 9.47 Å². The Hall–Kier alpha value is -2.61. The quantitative estimate of drug-likeness (QED) is 0.800. The number of para-hydroxylation sites is 2. The summed E-state index contributed by atoms with van der Waals surface area (Å²) in [6, 6.07) is 7.23. The van der Waals surface area contributed by atoms with Crippen LogP contribution in [0.15, 0.2) is 29.6 Å². The van der Waals surface area contributed by atoms with Crippen molar-refractivity contribution in [2.45, 2.75) is 20.3 Å². The van der Waals surface area contributed by atoms with Crippen LogP contribution in [0.3, 0.4) is 0 Å². The molecular formula is C16H19N3O4S. The van der Waals surface area contributed by atoms with Crippen LogP contribution in [0.2, 0.25) is 0 Å². The maximum absolute atomic E-state index is 12.2. The van der Waals surface area contributed by atoms with Gasteiger partial charge in [-0.2, -0.15) is 0 Å². The van der Waals surface area contributed by atoms with E-state index < -0.39 is 6.09 Å². The summed E-state index contributed by atoms with van der Waals surface area (Å²) < 4.78 is 10.2. The first kappa shape index (κ1) is 17.7. The third-order valence-corrected chi connectivity index (χ3v) is 3.65. The zero-order valence-electron chi connectivity index (χ0n) is 13.5. The number of carbonyl (C=O) groups is 2. The number of anilines is 2. The molecule has 0 spiro atoms. The summed E-state index contributed by atoms with van der Waals surface area (Å²) in [5, 5.41) is 7.42. The maximum atomic E-state index is 12.2. The fraction of sp³-hybridized carbons (Fsp3) is 0.312. The van der Waals surface area contributed by atoms with Crippen LogP contribution < -0.4 is 15.4 Å². The minimum Gasteiger partial charge on any atom is -0.492 e. The molecule has 0 aliphatic carbocycles. The Morgan fingerprint density at radius 3 is 2.71 bits per heavy atom. The summed E-state index contributed by atoms with van der Waals surface area (Å²) in [5.41, 5.74) is 1.18. The van der Waals surface area contributed by atoms with Crippen molar-refractivity contribution in [3.05, 3.63) is 35.3 Å². The first-order chi connectivity index (χ1) is 11.6. The molecule has 0 unspecified atom stereocenters. The van der Waals surface area contributed by atoms with Gasteiger partial charge in [0.05, 0.1) is 31.0 Å². The second-order valence-electron chi connectivity index (χ2n) is 4.64. The predicted octanol–water partition coefficient (Wildman–Crippen LogP) is 3.29. The highest BCUT2D eigenvalue weighted by atomic mass is 32.1. The van der Waals surface area contributed by atoms with Crippen LogP contribution in [0.5, 0.6) is 5.75 Å². The van der Waals surface area contributed by atoms with Gasteiger partial charge in [-0.3, -0.25) is 10.1 Å². The molecule has 7 nitrogen and oxygen atoms in total. The van der Waals surface area contributed by atoms with Gasteiger partial charge in [0.2, 0.25) is 5.91 Å². The molecule has 128 valence electrons. The number of hydrogen-bond acceptors (Lipinski definition) is 6. The number of aromatic nitrogens is 1. The van der Waals surface area contributed by atoms with E-state index >= 15 is 0 Å². The molecule has 24 heavy (non-hydrogen) atoms. The van der Waals surface area contributed by atoms with Gasteiger partial charge in [0.25, 0.3) is 0 Å². The molecule has 0 atom stereocenters. The number of nitrogens with zero attached hydrogens (tertiary/aromatic N) is 1. The molecule has 0 saturated heterocycles. The van der Waals surface area contributed by atoms with Gasteiger partial charge in [0, 0.05) is 5.38 Å². The Labute approximate surface area is 144 Å². The molecule has 0 bridgehead atoms.